The van der Waals surface area contributed by atoms with E-state index < -0.39 is 0 Å². The average molecular weight is 346 g/mol. The largest absolute Gasteiger partial charge is 0.466 e. The van der Waals surface area contributed by atoms with Gasteiger partial charge in [0.15, 0.2) is 8.68 Å². The summed E-state index contributed by atoms with van der Waals surface area (Å²) in [5, 5.41) is 8.06. The second-order valence-electron chi connectivity index (χ2n) is 3.31. The Bertz CT molecular complexity index is 484. The summed E-state index contributed by atoms with van der Waals surface area (Å²) in [5.74, 6) is 0.496. The van der Waals surface area contributed by atoms with Crippen molar-refractivity contribution in [1.29, 1.82) is 0 Å². The van der Waals surface area contributed by atoms with Crippen molar-refractivity contribution in [1.82, 2.24) is 10.2 Å². The Kier molecular flexibility index (Phi) is 8.79. The first-order chi connectivity index (χ1) is 10.2. The number of hydrogen-bond acceptors (Lipinski definition) is 9. The molecule has 1 heterocycles. The molecule has 0 aliphatic carbocycles. The quantitative estimate of drug-likeness (QED) is 0.403. The van der Waals surface area contributed by atoms with E-state index in [0.717, 1.165) is 8.68 Å². The Hall–Kier alpha value is -1.32. The second-order valence-corrected chi connectivity index (χ2v) is 6.82. The molecule has 0 N–H and O–H groups in total. The van der Waals surface area contributed by atoms with Gasteiger partial charge in [-0.15, -0.1) is 10.2 Å². The predicted molar refractivity (Wildman–Crippen MR) is 83.7 cm³/mol. The number of ether oxygens (including phenoxy) is 2. The molecule has 0 amide bonds. The lowest BCUT2D eigenvalue weighted by Crippen LogP contribution is -1.93. The normalized spacial score (nSPS) is 11.1. The standard InChI is InChI=1S/C12H14N2O4S3/c1-17-9(15)5-3-7-19-11-13-14-12(21-11)20-8-4-6-10(16)18-2/h3-6H,7-8H2,1-2H3/b5-3+,6-4+. The van der Waals surface area contributed by atoms with Crippen LogP contribution in [0.1, 0.15) is 0 Å². The zero-order valence-corrected chi connectivity index (χ0v) is 13.9. The van der Waals surface area contributed by atoms with Gasteiger partial charge < -0.3 is 9.47 Å². The van der Waals surface area contributed by atoms with Gasteiger partial charge in [0.2, 0.25) is 0 Å². The maximum Gasteiger partial charge on any atom is 0.330 e. The average Bonchev–Trinajstić information content (AvgIpc) is 2.95. The molecule has 0 atom stereocenters. The number of rotatable bonds is 8. The highest BCUT2D eigenvalue weighted by Crippen LogP contribution is 2.28. The number of esters is 2. The SMILES string of the molecule is COC(=O)/C=C/CSc1nnc(SC/C=C/C(=O)OC)s1. The van der Waals surface area contributed by atoms with Crippen LogP contribution in [0.2, 0.25) is 0 Å². The minimum atomic E-state index is -0.374. The third-order valence-electron chi connectivity index (χ3n) is 1.90. The number of methoxy groups -OCH3 is 2. The van der Waals surface area contributed by atoms with Gasteiger partial charge in [0.1, 0.15) is 0 Å². The van der Waals surface area contributed by atoms with Gasteiger partial charge in [-0.2, -0.15) is 0 Å². The van der Waals surface area contributed by atoms with Crippen LogP contribution in [0, 0.1) is 0 Å². The highest BCUT2D eigenvalue weighted by atomic mass is 32.2. The lowest BCUT2D eigenvalue weighted by Gasteiger charge is -1.91. The van der Waals surface area contributed by atoms with Gasteiger partial charge in [0.05, 0.1) is 14.2 Å². The van der Waals surface area contributed by atoms with Crippen molar-refractivity contribution in [3.8, 4) is 0 Å². The summed E-state index contributed by atoms with van der Waals surface area (Å²) < 4.78 is 10.6. The molecule has 1 aromatic rings. The molecule has 0 aliphatic heterocycles. The summed E-state index contributed by atoms with van der Waals surface area (Å²) in [6.07, 6.45) is 6.18. The smallest absolute Gasteiger partial charge is 0.330 e. The lowest BCUT2D eigenvalue weighted by atomic mass is 10.5. The van der Waals surface area contributed by atoms with Gasteiger partial charge in [0.25, 0.3) is 0 Å². The topological polar surface area (TPSA) is 78.4 Å². The fourth-order valence-electron chi connectivity index (χ4n) is 0.977. The van der Waals surface area contributed by atoms with E-state index in [1.165, 1.54) is 61.2 Å². The molecule has 0 saturated carbocycles. The molecular formula is C12H14N2O4S3. The van der Waals surface area contributed by atoms with E-state index in [4.69, 9.17) is 0 Å². The van der Waals surface area contributed by atoms with Crippen molar-refractivity contribution in [2.24, 2.45) is 0 Å². The van der Waals surface area contributed by atoms with E-state index in [0.29, 0.717) is 11.5 Å². The highest BCUT2D eigenvalue weighted by molar-refractivity contribution is 8.03. The molecule has 114 valence electrons. The van der Waals surface area contributed by atoms with E-state index in [9.17, 15) is 9.59 Å². The van der Waals surface area contributed by atoms with Crippen LogP contribution in [-0.2, 0) is 19.1 Å². The highest BCUT2D eigenvalue weighted by Gasteiger charge is 2.04. The summed E-state index contributed by atoms with van der Waals surface area (Å²) in [5.41, 5.74) is 0. The van der Waals surface area contributed by atoms with Crippen LogP contribution in [0.15, 0.2) is 33.0 Å². The Morgan fingerprint density at radius 2 is 1.43 bits per heavy atom. The van der Waals surface area contributed by atoms with Gasteiger partial charge in [-0.25, -0.2) is 9.59 Å². The summed E-state index contributed by atoms with van der Waals surface area (Å²) in [6, 6.07) is 0. The molecule has 6 nitrogen and oxygen atoms in total. The van der Waals surface area contributed by atoms with E-state index in [-0.39, 0.29) is 11.9 Å². The molecule has 1 rings (SSSR count). The molecule has 0 radical (unpaired) electrons. The van der Waals surface area contributed by atoms with Crippen LogP contribution in [-0.4, -0.2) is 47.9 Å². The van der Waals surface area contributed by atoms with Crippen LogP contribution < -0.4 is 0 Å². The van der Waals surface area contributed by atoms with Crippen LogP contribution in [0.4, 0.5) is 0 Å². The zero-order chi connectivity index (χ0) is 15.5. The third-order valence-corrected chi connectivity index (χ3v) is 5.00. The molecule has 0 fully saturated rings. The van der Waals surface area contributed by atoms with Gasteiger partial charge in [-0.05, 0) is 0 Å². The maximum absolute atomic E-state index is 10.9. The monoisotopic (exact) mass is 346 g/mol. The minimum Gasteiger partial charge on any atom is -0.466 e. The number of carbonyl (C=O) groups excluding carboxylic acids is 2. The van der Waals surface area contributed by atoms with Crippen molar-refractivity contribution in [3.63, 3.8) is 0 Å². The van der Waals surface area contributed by atoms with Gasteiger partial charge in [-0.1, -0.05) is 47.0 Å². The Morgan fingerprint density at radius 3 is 1.81 bits per heavy atom. The molecule has 0 aromatic carbocycles. The maximum atomic E-state index is 10.9. The molecule has 0 saturated heterocycles. The number of thioether (sulfide) groups is 2. The fraction of sp³-hybridized carbons (Fsp3) is 0.333. The zero-order valence-electron chi connectivity index (χ0n) is 11.5. The first kappa shape index (κ1) is 17.7. The van der Waals surface area contributed by atoms with E-state index in [1.54, 1.807) is 12.2 Å². The van der Waals surface area contributed by atoms with Crippen LogP contribution in [0.25, 0.3) is 0 Å². The Morgan fingerprint density at radius 1 is 1.00 bits per heavy atom. The summed E-state index contributed by atoms with van der Waals surface area (Å²) in [4.78, 5) is 21.7. The number of carbonyl (C=O) groups is 2. The van der Waals surface area contributed by atoms with Gasteiger partial charge in [0, 0.05) is 23.7 Å². The van der Waals surface area contributed by atoms with E-state index in [1.807, 2.05) is 0 Å². The van der Waals surface area contributed by atoms with Gasteiger partial charge in [-0.3, -0.25) is 0 Å². The molecule has 21 heavy (non-hydrogen) atoms. The van der Waals surface area contributed by atoms with Crippen molar-refractivity contribution in [2.75, 3.05) is 25.7 Å². The third kappa shape index (κ3) is 7.88. The van der Waals surface area contributed by atoms with Crippen LogP contribution in [0.3, 0.4) is 0 Å². The molecule has 9 heteroatoms. The van der Waals surface area contributed by atoms with Crippen molar-refractivity contribution in [3.05, 3.63) is 24.3 Å². The Balaban J connectivity index is 2.30. The number of aromatic nitrogens is 2. The minimum absolute atomic E-state index is 0.374. The van der Waals surface area contributed by atoms with E-state index in [2.05, 4.69) is 19.7 Å². The lowest BCUT2D eigenvalue weighted by molar-refractivity contribution is -0.135. The number of nitrogens with zero attached hydrogens (tertiary/aromatic N) is 2. The summed E-state index contributed by atoms with van der Waals surface area (Å²) in [6.45, 7) is 0. The van der Waals surface area contributed by atoms with Crippen molar-refractivity contribution < 1.29 is 19.1 Å². The summed E-state index contributed by atoms with van der Waals surface area (Å²) in [7, 11) is 2.67. The van der Waals surface area contributed by atoms with Crippen LogP contribution >= 0.6 is 34.9 Å². The Labute approximate surface area is 135 Å². The summed E-state index contributed by atoms with van der Waals surface area (Å²) >= 11 is 4.44. The molecule has 0 aliphatic rings. The fourth-order valence-corrected chi connectivity index (χ4v) is 3.67. The predicted octanol–water partition coefficient (Wildman–Crippen LogP) is 2.18. The van der Waals surface area contributed by atoms with Crippen LogP contribution in [0.5, 0.6) is 0 Å². The first-order valence-corrected chi connectivity index (χ1v) is 8.52. The molecule has 0 spiro atoms. The van der Waals surface area contributed by atoms with Crippen molar-refractivity contribution in [2.45, 2.75) is 8.68 Å². The number of hydrogen-bond donors (Lipinski definition) is 0. The molecule has 0 bridgehead atoms. The molecule has 1 aromatic heterocycles. The van der Waals surface area contributed by atoms with E-state index >= 15 is 0 Å². The first-order valence-electron chi connectivity index (χ1n) is 5.73. The molecule has 0 unspecified atom stereocenters. The van der Waals surface area contributed by atoms with Crippen molar-refractivity contribution >= 4 is 46.8 Å². The van der Waals surface area contributed by atoms with Gasteiger partial charge >= 0.3 is 11.9 Å². The molecular weight excluding hydrogens is 332 g/mol. The second kappa shape index (κ2) is 10.4.